The van der Waals surface area contributed by atoms with Gasteiger partial charge < -0.3 is 15.0 Å². The second-order valence-electron chi connectivity index (χ2n) is 6.96. The zero-order chi connectivity index (χ0) is 16.5. The molecule has 0 amide bonds. The molecule has 7 heteroatoms. The van der Waals surface area contributed by atoms with Gasteiger partial charge in [-0.2, -0.15) is 0 Å². The van der Waals surface area contributed by atoms with Crippen molar-refractivity contribution in [2.24, 2.45) is 5.92 Å². The molecule has 24 heavy (non-hydrogen) atoms. The number of H-pyrrole nitrogens is 1. The quantitative estimate of drug-likeness (QED) is 0.746. The zero-order valence-corrected chi connectivity index (χ0v) is 14.0. The van der Waals surface area contributed by atoms with Crippen LogP contribution in [0.3, 0.4) is 0 Å². The Kier molecular flexibility index (Phi) is 4.20. The third-order valence-corrected chi connectivity index (χ3v) is 5.28. The molecule has 0 aliphatic heterocycles. The van der Waals surface area contributed by atoms with Crippen LogP contribution in [0.4, 0.5) is 0 Å². The van der Waals surface area contributed by atoms with E-state index in [-0.39, 0.29) is 6.61 Å². The molecule has 1 aliphatic carbocycles. The molecule has 0 radical (unpaired) electrons. The number of aliphatic hydroxyl groups is 1. The average Bonchev–Trinajstić information content (AvgIpc) is 3.21. The molecule has 128 valence electrons. The highest BCUT2D eigenvalue weighted by Gasteiger charge is 2.27. The molecule has 0 bridgehead atoms. The maximum atomic E-state index is 9.04. The maximum absolute atomic E-state index is 9.04. The molecular weight excluding hydrogens is 304 g/mol. The van der Waals surface area contributed by atoms with E-state index in [4.69, 9.17) is 5.11 Å². The van der Waals surface area contributed by atoms with Crippen molar-refractivity contribution < 1.29 is 5.11 Å². The minimum absolute atomic E-state index is 0.235. The molecule has 7 nitrogen and oxygen atoms in total. The van der Waals surface area contributed by atoms with Crippen LogP contribution < -0.4 is 0 Å². The Hall–Kier alpha value is -1.99. The highest BCUT2D eigenvalue weighted by atomic mass is 16.3. The Labute approximate surface area is 140 Å². The molecule has 3 aromatic rings. The van der Waals surface area contributed by atoms with Crippen molar-refractivity contribution in [3.8, 4) is 0 Å². The van der Waals surface area contributed by atoms with Gasteiger partial charge in [-0.15, -0.1) is 5.10 Å². The molecule has 0 saturated heterocycles. The summed E-state index contributed by atoms with van der Waals surface area (Å²) in [7, 11) is 2.09. The van der Waals surface area contributed by atoms with Crippen LogP contribution in [0.2, 0.25) is 0 Å². The second-order valence-corrected chi connectivity index (χ2v) is 6.96. The van der Waals surface area contributed by atoms with Crippen LogP contribution in [0.1, 0.15) is 37.3 Å². The molecule has 0 atom stereocenters. The van der Waals surface area contributed by atoms with Crippen molar-refractivity contribution in [1.82, 2.24) is 29.7 Å². The summed E-state index contributed by atoms with van der Waals surface area (Å²) in [5.74, 6) is 1.19. The van der Waals surface area contributed by atoms with Crippen LogP contribution in [0, 0.1) is 5.92 Å². The number of aromatic nitrogens is 5. The lowest BCUT2D eigenvalue weighted by Crippen LogP contribution is -2.30. The largest absolute Gasteiger partial charge is 0.395 e. The Bertz CT molecular complexity index is 817. The molecule has 3 aromatic heterocycles. The Morgan fingerprint density at radius 1 is 1.33 bits per heavy atom. The van der Waals surface area contributed by atoms with Gasteiger partial charge in [0.15, 0.2) is 0 Å². The van der Waals surface area contributed by atoms with Crippen LogP contribution >= 0.6 is 0 Å². The summed E-state index contributed by atoms with van der Waals surface area (Å²) in [4.78, 5) is 9.77. The van der Waals surface area contributed by atoms with E-state index in [0.29, 0.717) is 11.8 Å². The van der Waals surface area contributed by atoms with Crippen molar-refractivity contribution in [2.75, 3.05) is 26.7 Å². The molecule has 0 aromatic carbocycles. The second kappa shape index (κ2) is 6.49. The number of fused-ring (bicyclic) bond motifs is 3. The number of likely N-dealkylation sites (N-methyl/N-ethyl adjacent to an activating group) is 1. The summed E-state index contributed by atoms with van der Waals surface area (Å²) in [6.07, 6.45) is 8.38. The van der Waals surface area contributed by atoms with E-state index >= 15 is 0 Å². The van der Waals surface area contributed by atoms with E-state index in [2.05, 4.69) is 38.3 Å². The summed E-state index contributed by atoms with van der Waals surface area (Å²) < 4.78 is 1.80. The lowest BCUT2D eigenvalue weighted by molar-refractivity contribution is 0.181. The van der Waals surface area contributed by atoms with Crippen LogP contribution in [0.15, 0.2) is 18.6 Å². The van der Waals surface area contributed by atoms with E-state index < -0.39 is 0 Å². The molecule has 1 aliphatic rings. The lowest BCUT2D eigenvalue weighted by atomic mass is 9.80. The van der Waals surface area contributed by atoms with Crippen molar-refractivity contribution in [1.29, 1.82) is 0 Å². The third-order valence-electron chi connectivity index (χ3n) is 5.28. The molecule has 3 heterocycles. The van der Waals surface area contributed by atoms with Gasteiger partial charge in [-0.1, -0.05) is 5.21 Å². The van der Waals surface area contributed by atoms with Crippen LogP contribution in [0.25, 0.3) is 16.6 Å². The van der Waals surface area contributed by atoms with E-state index in [0.717, 1.165) is 48.2 Å². The first-order valence-corrected chi connectivity index (χ1v) is 8.72. The van der Waals surface area contributed by atoms with Gasteiger partial charge in [0, 0.05) is 30.6 Å². The summed E-state index contributed by atoms with van der Waals surface area (Å²) >= 11 is 0. The summed E-state index contributed by atoms with van der Waals surface area (Å²) in [5.41, 5.74) is 3.11. The van der Waals surface area contributed by atoms with E-state index in [1.807, 2.05) is 6.20 Å². The molecule has 1 fully saturated rings. The first kappa shape index (κ1) is 15.5. The van der Waals surface area contributed by atoms with Gasteiger partial charge in [-0.25, -0.2) is 9.50 Å². The van der Waals surface area contributed by atoms with Crippen molar-refractivity contribution >= 4 is 16.6 Å². The monoisotopic (exact) mass is 328 g/mol. The maximum Gasteiger partial charge on any atom is 0.141 e. The van der Waals surface area contributed by atoms with Gasteiger partial charge in [-0.05, 0) is 44.7 Å². The highest BCUT2D eigenvalue weighted by Crippen LogP contribution is 2.37. The lowest BCUT2D eigenvalue weighted by Gasteiger charge is -2.30. The fraction of sp³-hybridized carbons (Fsp3) is 0.588. The predicted molar refractivity (Wildman–Crippen MR) is 91.9 cm³/mol. The molecular formula is C17H24N6O. The number of aromatic amines is 1. The summed E-state index contributed by atoms with van der Waals surface area (Å²) in [5, 5.41) is 18.9. The third kappa shape index (κ3) is 2.78. The summed E-state index contributed by atoms with van der Waals surface area (Å²) in [6, 6.07) is 2.06. The van der Waals surface area contributed by atoms with Crippen molar-refractivity contribution in [2.45, 2.75) is 31.6 Å². The molecule has 4 rings (SSSR count). The Morgan fingerprint density at radius 3 is 2.96 bits per heavy atom. The van der Waals surface area contributed by atoms with Gasteiger partial charge in [0.25, 0.3) is 0 Å². The number of rotatable bonds is 5. The average molecular weight is 328 g/mol. The standard InChI is InChI=1S/C17H24N6O/c1-22(8-9-24)10-12-2-4-13(5-3-12)15-16-14-6-7-18-17(14)19-11-23(16)21-20-15/h6-7,11-13,18,24H,2-5,8-10H2,1H3. The fourth-order valence-corrected chi connectivity index (χ4v) is 4.02. The normalized spacial score (nSPS) is 22.0. The summed E-state index contributed by atoms with van der Waals surface area (Å²) in [6.45, 7) is 2.06. The number of nitrogens with zero attached hydrogens (tertiary/aromatic N) is 5. The number of hydrogen-bond donors (Lipinski definition) is 2. The Balaban J connectivity index is 1.52. The van der Waals surface area contributed by atoms with Crippen LogP contribution in [0.5, 0.6) is 0 Å². The molecule has 2 N–H and O–H groups in total. The highest BCUT2D eigenvalue weighted by molar-refractivity contribution is 5.92. The predicted octanol–water partition coefficient (Wildman–Crippen LogP) is 1.80. The van der Waals surface area contributed by atoms with Crippen LogP contribution in [-0.4, -0.2) is 61.5 Å². The Morgan fingerprint density at radius 2 is 2.17 bits per heavy atom. The van der Waals surface area contributed by atoms with Gasteiger partial charge >= 0.3 is 0 Å². The van der Waals surface area contributed by atoms with Gasteiger partial charge in [0.2, 0.25) is 0 Å². The van der Waals surface area contributed by atoms with Gasteiger partial charge in [0.05, 0.1) is 12.3 Å². The zero-order valence-electron chi connectivity index (χ0n) is 14.0. The first-order chi connectivity index (χ1) is 11.8. The minimum atomic E-state index is 0.235. The number of aliphatic hydroxyl groups excluding tert-OH is 1. The first-order valence-electron chi connectivity index (χ1n) is 8.72. The fourth-order valence-electron chi connectivity index (χ4n) is 4.02. The van der Waals surface area contributed by atoms with Gasteiger partial charge in [-0.3, -0.25) is 0 Å². The number of hydrogen-bond acceptors (Lipinski definition) is 5. The SMILES string of the molecule is CN(CCO)CC1CCC(c2nnn3cnc4[nH]ccc4c23)CC1. The van der Waals surface area contributed by atoms with Crippen molar-refractivity contribution in [3.05, 3.63) is 24.3 Å². The molecule has 1 saturated carbocycles. The van der Waals surface area contributed by atoms with Gasteiger partial charge in [0.1, 0.15) is 17.5 Å². The topological polar surface area (TPSA) is 82.3 Å². The van der Waals surface area contributed by atoms with Crippen molar-refractivity contribution in [3.63, 3.8) is 0 Å². The number of nitrogens with one attached hydrogen (secondary N) is 1. The minimum Gasteiger partial charge on any atom is -0.395 e. The van der Waals surface area contributed by atoms with E-state index in [9.17, 15) is 0 Å². The smallest absolute Gasteiger partial charge is 0.141 e. The van der Waals surface area contributed by atoms with E-state index in [1.165, 1.54) is 12.8 Å². The molecule has 0 spiro atoms. The van der Waals surface area contributed by atoms with Crippen LogP contribution in [-0.2, 0) is 0 Å². The van der Waals surface area contributed by atoms with E-state index in [1.54, 1.807) is 10.8 Å². The molecule has 0 unspecified atom stereocenters.